The topological polar surface area (TPSA) is 54.4 Å². The van der Waals surface area contributed by atoms with Gasteiger partial charge in [0.15, 0.2) is 5.78 Å². The van der Waals surface area contributed by atoms with E-state index in [1.807, 2.05) is 0 Å². The second-order valence-corrected chi connectivity index (χ2v) is 3.63. The van der Waals surface area contributed by atoms with Crippen molar-refractivity contribution in [3.05, 3.63) is 34.3 Å². The summed E-state index contributed by atoms with van der Waals surface area (Å²) in [6.45, 7) is 0. The Morgan fingerprint density at radius 3 is 2.86 bits per heavy atom. The number of ketones is 1. The molecule has 1 atom stereocenters. The smallest absolute Gasteiger partial charge is 0.311 e. The lowest BCUT2D eigenvalue weighted by Gasteiger charge is -2.05. The molecule has 0 fully saturated rings. The Morgan fingerprint density at radius 2 is 2.21 bits per heavy atom. The lowest BCUT2D eigenvalue weighted by molar-refractivity contribution is -0.138. The number of hydrogen-bond acceptors (Lipinski definition) is 2. The summed E-state index contributed by atoms with van der Waals surface area (Å²) in [5.41, 5.74) is 0.913. The second kappa shape index (κ2) is 3.10. The normalized spacial score (nSPS) is 19.5. The molecule has 1 aromatic rings. The largest absolute Gasteiger partial charge is 0.481 e. The van der Waals surface area contributed by atoms with Gasteiger partial charge in [0.25, 0.3) is 0 Å². The van der Waals surface area contributed by atoms with Gasteiger partial charge in [-0.2, -0.15) is 0 Å². The van der Waals surface area contributed by atoms with Crippen LogP contribution in [0.5, 0.6) is 0 Å². The molecule has 0 heterocycles. The lowest BCUT2D eigenvalue weighted by Crippen LogP contribution is -2.08. The highest BCUT2D eigenvalue weighted by molar-refractivity contribution is 6.32. The van der Waals surface area contributed by atoms with Crippen molar-refractivity contribution in [2.75, 3.05) is 0 Å². The summed E-state index contributed by atoms with van der Waals surface area (Å²) >= 11 is 5.86. The fourth-order valence-corrected chi connectivity index (χ4v) is 2.05. The molecule has 1 aliphatic rings. The van der Waals surface area contributed by atoms with Gasteiger partial charge < -0.3 is 5.11 Å². The summed E-state index contributed by atoms with van der Waals surface area (Å²) in [7, 11) is 0. The molecule has 0 saturated heterocycles. The zero-order chi connectivity index (χ0) is 10.3. The second-order valence-electron chi connectivity index (χ2n) is 3.22. The summed E-state index contributed by atoms with van der Waals surface area (Å²) < 4.78 is 0. The van der Waals surface area contributed by atoms with Gasteiger partial charge in [-0.1, -0.05) is 23.7 Å². The van der Waals surface area contributed by atoms with E-state index in [1.165, 1.54) is 0 Å². The SMILES string of the molecule is O=C1C[C@H](C(=O)O)c2c(Cl)cccc21. The maximum Gasteiger partial charge on any atom is 0.311 e. The van der Waals surface area contributed by atoms with Gasteiger partial charge in [0, 0.05) is 17.0 Å². The van der Waals surface area contributed by atoms with Gasteiger partial charge in [-0.05, 0) is 11.6 Å². The number of carbonyl (C=O) groups excluding carboxylic acids is 1. The quantitative estimate of drug-likeness (QED) is 0.772. The summed E-state index contributed by atoms with van der Waals surface area (Å²) in [5, 5.41) is 9.25. The Morgan fingerprint density at radius 1 is 1.50 bits per heavy atom. The van der Waals surface area contributed by atoms with E-state index in [9.17, 15) is 9.59 Å². The molecule has 0 unspecified atom stereocenters. The summed E-state index contributed by atoms with van der Waals surface area (Å²) in [4.78, 5) is 22.3. The summed E-state index contributed by atoms with van der Waals surface area (Å²) in [6.07, 6.45) is 0.0222. The van der Waals surface area contributed by atoms with Crippen molar-refractivity contribution in [2.45, 2.75) is 12.3 Å². The standard InChI is InChI=1S/C10H7ClO3/c11-7-3-1-2-5-8(12)4-6(9(5)7)10(13)14/h1-3,6H,4H2,(H,13,14)/t6-/m0/s1. The van der Waals surface area contributed by atoms with Gasteiger partial charge in [-0.15, -0.1) is 0 Å². The molecule has 1 N–H and O–H groups in total. The van der Waals surface area contributed by atoms with E-state index < -0.39 is 11.9 Å². The Balaban J connectivity index is 2.62. The Kier molecular flexibility index (Phi) is 2.04. The number of Topliss-reactive ketones (excluding diaryl/α,β-unsaturated/α-hetero) is 1. The molecular formula is C10H7ClO3. The molecule has 0 bridgehead atoms. The monoisotopic (exact) mass is 210 g/mol. The molecular weight excluding hydrogens is 204 g/mol. The molecule has 14 heavy (non-hydrogen) atoms. The van der Waals surface area contributed by atoms with E-state index in [4.69, 9.17) is 16.7 Å². The van der Waals surface area contributed by atoms with E-state index in [2.05, 4.69) is 0 Å². The van der Waals surface area contributed by atoms with Gasteiger partial charge in [-0.25, -0.2) is 0 Å². The minimum atomic E-state index is -0.995. The van der Waals surface area contributed by atoms with Crippen molar-refractivity contribution in [3.8, 4) is 0 Å². The van der Waals surface area contributed by atoms with E-state index in [-0.39, 0.29) is 12.2 Å². The third-order valence-corrected chi connectivity index (χ3v) is 2.72. The van der Waals surface area contributed by atoms with Crippen molar-refractivity contribution < 1.29 is 14.7 Å². The number of benzene rings is 1. The van der Waals surface area contributed by atoms with Crippen LogP contribution in [-0.2, 0) is 4.79 Å². The van der Waals surface area contributed by atoms with Gasteiger partial charge in [0.2, 0.25) is 0 Å². The molecule has 0 amide bonds. The molecule has 3 nitrogen and oxygen atoms in total. The number of aliphatic carboxylic acids is 1. The van der Waals surface area contributed by atoms with Crippen molar-refractivity contribution in [1.29, 1.82) is 0 Å². The molecule has 2 rings (SSSR count). The zero-order valence-electron chi connectivity index (χ0n) is 7.16. The predicted octanol–water partition coefficient (Wildman–Crippen LogP) is 2.09. The lowest BCUT2D eigenvalue weighted by atomic mass is 10.0. The molecule has 4 heteroatoms. The number of hydrogen-bond donors (Lipinski definition) is 1. The number of carbonyl (C=O) groups is 2. The van der Waals surface area contributed by atoms with Gasteiger partial charge in [0.05, 0.1) is 5.92 Å². The van der Waals surface area contributed by atoms with Crippen LogP contribution in [0.1, 0.15) is 28.3 Å². The van der Waals surface area contributed by atoms with E-state index in [0.717, 1.165) is 0 Å². The van der Waals surface area contributed by atoms with Crippen LogP contribution in [0.2, 0.25) is 5.02 Å². The van der Waals surface area contributed by atoms with Crippen molar-refractivity contribution in [3.63, 3.8) is 0 Å². The molecule has 0 aromatic heterocycles. The molecule has 1 aromatic carbocycles. The maximum absolute atomic E-state index is 11.4. The van der Waals surface area contributed by atoms with E-state index >= 15 is 0 Å². The molecule has 0 spiro atoms. The fourth-order valence-electron chi connectivity index (χ4n) is 1.74. The zero-order valence-corrected chi connectivity index (χ0v) is 7.91. The first-order chi connectivity index (χ1) is 6.61. The highest BCUT2D eigenvalue weighted by Gasteiger charge is 2.35. The Labute approximate surface area is 85.3 Å². The first-order valence-corrected chi connectivity index (χ1v) is 4.53. The number of fused-ring (bicyclic) bond motifs is 1. The van der Waals surface area contributed by atoms with Crippen LogP contribution in [0.15, 0.2) is 18.2 Å². The molecule has 72 valence electrons. The summed E-state index contributed by atoms with van der Waals surface area (Å²) in [5.74, 6) is -1.91. The first-order valence-electron chi connectivity index (χ1n) is 4.15. The molecule has 1 aliphatic carbocycles. The number of rotatable bonds is 1. The Bertz CT molecular complexity index is 425. The average molecular weight is 211 g/mol. The minimum absolute atomic E-state index is 0.0222. The Hall–Kier alpha value is -1.35. The van der Waals surface area contributed by atoms with E-state index in [0.29, 0.717) is 16.1 Å². The number of carboxylic acid groups (broad SMARTS) is 1. The van der Waals surface area contributed by atoms with Crippen LogP contribution in [0.4, 0.5) is 0 Å². The molecule has 0 saturated carbocycles. The third kappa shape index (κ3) is 1.21. The average Bonchev–Trinajstić information content (AvgIpc) is 2.46. The van der Waals surface area contributed by atoms with Gasteiger partial charge in [-0.3, -0.25) is 9.59 Å². The van der Waals surface area contributed by atoms with Gasteiger partial charge in [0.1, 0.15) is 0 Å². The predicted molar refractivity (Wildman–Crippen MR) is 50.8 cm³/mol. The highest BCUT2D eigenvalue weighted by atomic mass is 35.5. The van der Waals surface area contributed by atoms with Crippen LogP contribution in [0.3, 0.4) is 0 Å². The van der Waals surface area contributed by atoms with Crippen molar-refractivity contribution >= 4 is 23.4 Å². The first kappa shape index (κ1) is 9.21. The van der Waals surface area contributed by atoms with E-state index in [1.54, 1.807) is 18.2 Å². The van der Waals surface area contributed by atoms with Gasteiger partial charge >= 0.3 is 5.97 Å². The van der Waals surface area contributed by atoms with Crippen LogP contribution in [0, 0.1) is 0 Å². The molecule has 0 radical (unpaired) electrons. The maximum atomic E-state index is 11.4. The third-order valence-electron chi connectivity index (χ3n) is 2.39. The summed E-state index contributed by atoms with van der Waals surface area (Å²) in [6, 6.07) is 4.88. The highest BCUT2D eigenvalue weighted by Crippen LogP contribution is 2.37. The van der Waals surface area contributed by atoms with Crippen LogP contribution in [0.25, 0.3) is 0 Å². The van der Waals surface area contributed by atoms with Crippen LogP contribution >= 0.6 is 11.6 Å². The van der Waals surface area contributed by atoms with Crippen molar-refractivity contribution in [1.82, 2.24) is 0 Å². The minimum Gasteiger partial charge on any atom is -0.481 e. The van der Waals surface area contributed by atoms with Crippen LogP contribution in [-0.4, -0.2) is 16.9 Å². The number of carboxylic acids is 1. The van der Waals surface area contributed by atoms with Crippen molar-refractivity contribution in [2.24, 2.45) is 0 Å². The fraction of sp³-hybridized carbons (Fsp3) is 0.200. The number of halogens is 1. The molecule has 0 aliphatic heterocycles. The van der Waals surface area contributed by atoms with Crippen LogP contribution < -0.4 is 0 Å².